The van der Waals surface area contributed by atoms with Crippen LogP contribution in [0.15, 0.2) is 24.3 Å². The van der Waals surface area contributed by atoms with E-state index in [1.54, 1.807) is 0 Å². The summed E-state index contributed by atoms with van der Waals surface area (Å²) in [6.07, 6.45) is 6.05. The number of aryl methyl sites for hydroxylation is 1. The fourth-order valence-corrected chi connectivity index (χ4v) is 4.40. The second-order valence-corrected chi connectivity index (χ2v) is 8.58. The number of benzene rings is 1. The van der Waals surface area contributed by atoms with Gasteiger partial charge in [0.15, 0.2) is 0 Å². The lowest BCUT2D eigenvalue weighted by Gasteiger charge is -2.39. The lowest BCUT2D eigenvalue weighted by atomic mass is 10.1. The molecule has 1 aliphatic rings. The average Bonchev–Trinajstić information content (AvgIpc) is 3.15. The summed E-state index contributed by atoms with van der Waals surface area (Å²) in [5.41, 5.74) is 2.50. The van der Waals surface area contributed by atoms with Crippen LogP contribution in [0, 0.1) is 6.92 Å². The Bertz CT molecular complexity index is 758. The van der Waals surface area contributed by atoms with Crippen LogP contribution in [0.4, 0.5) is 5.13 Å². The molecule has 2 aromatic rings. The number of hydrogen-bond donors (Lipinski definition) is 0. The predicted octanol–water partition coefficient (Wildman–Crippen LogP) is 4.44. The Morgan fingerprint density at radius 1 is 1.18 bits per heavy atom. The normalized spacial score (nSPS) is 17.2. The highest BCUT2D eigenvalue weighted by atomic mass is 32.1. The van der Waals surface area contributed by atoms with Crippen LogP contribution in [-0.4, -0.2) is 45.8 Å². The van der Waals surface area contributed by atoms with Crippen molar-refractivity contribution < 1.29 is 4.79 Å². The molecule has 1 unspecified atom stereocenters. The molecule has 1 saturated heterocycles. The Morgan fingerprint density at radius 2 is 1.96 bits per heavy atom. The van der Waals surface area contributed by atoms with Crippen LogP contribution in [0.3, 0.4) is 0 Å². The average molecular weight is 401 g/mol. The molecule has 0 spiro atoms. The molecule has 1 aromatic heterocycles. The number of anilines is 1. The maximum Gasteiger partial charge on any atom is 0.222 e. The molecule has 0 N–H and O–H groups in total. The molecule has 3 rings (SSSR count). The third-order valence-electron chi connectivity index (χ3n) is 5.40. The number of amides is 1. The molecule has 1 aliphatic heterocycles. The zero-order valence-electron chi connectivity index (χ0n) is 17.4. The van der Waals surface area contributed by atoms with E-state index in [0.29, 0.717) is 12.3 Å². The molecule has 6 heteroatoms. The molecule has 28 heavy (non-hydrogen) atoms. The molecule has 1 atom stereocenters. The fraction of sp³-hybridized carbons (Fsp3) is 0.591. The Morgan fingerprint density at radius 3 is 2.68 bits per heavy atom. The second-order valence-electron chi connectivity index (χ2n) is 7.85. The fourth-order valence-electron chi connectivity index (χ4n) is 3.68. The molecule has 0 radical (unpaired) electrons. The van der Waals surface area contributed by atoms with E-state index >= 15 is 0 Å². The number of piperazine rings is 1. The molecule has 152 valence electrons. The summed E-state index contributed by atoms with van der Waals surface area (Å²) in [6.45, 7) is 8.89. The van der Waals surface area contributed by atoms with Gasteiger partial charge in [0.2, 0.25) is 11.0 Å². The Labute approximate surface area is 172 Å². The zero-order valence-corrected chi connectivity index (χ0v) is 18.2. The number of carbonyl (C=O) groups is 1. The van der Waals surface area contributed by atoms with Gasteiger partial charge in [-0.05, 0) is 25.8 Å². The summed E-state index contributed by atoms with van der Waals surface area (Å²) < 4.78 is 4.55. The van der Waals surface area contributed by atoms with E-state index in [0.717, 1.165) is 49.9 Å². The maximum absolute atomic E-state index is 12.5. The predicted molar refractivity (Wildman–Crippen MR) is 116 cm³/mol. The lowest BCUT2D eigenvalue weighted by Crippen LogP contribution is -2.54. The SMILES string of the molecule is CCCCCCC(=O)N1CCN(c2nc(Cc3ccc(C)cc3)ns2)CC1C. The van der Waals surface area contributed by atoms with Gasteiger partial charge in [-0.15, -0.1) is 0 Å². The molecule has 1 aromatic carbocycles. The Hall–Kier alpha value is -1.95. The molecule has 0 aliphatic carbocycles. The van der Waals surface area contributed by atoms with E-state index in [2.05, 4.69) is 59.2 Å². The van der Waals surface area contributed by atoms with E-state index < -0.39 is 0 Å². The molecular formula is C22H32N4OS. The van der Waals surface area contributed by atoms with Crippen molar-refractivity contribution in [3.05, 3.63) is 41.2 Å². The standard InChI is InChI=1S/C22H32N4OS/c1-4-5-6-7-8-21(27)26-14-13-25(16-18(26)3)22-23-20(24-28-22)15-19-11-9-17(2)10-12-19/h9-12,18H,4-8,13-16H2,1-3H3. The molecule has 5 nitrogen and oxygen atoms in total. The van der Waals surface area contributed by atoms with E-state index in [1.807, 2.05) is 0 Å². The van der Waals surface area contributed by atoms with Gasteiger partial charge in [0.05, 0.1) is 0 Å². The van der Waals surface area contributed by atoms with Crippen LogP contribution in [0.1, 0.15) is 62.9 Å². The third kappa shape index (κ3) is 5.53. The summed E-state index contributed by atoms with van der Waals surface area (Å²) in [4.78, 5) is 21.6. The van der Waals surface area contributed by atoms with Gasteiger partial charge in [0, 0.05) is 50.1 Å². The van der Waals surface area contributed by atoms with Gasteiger partial charge in [0.25, 0.3) is 0 Å². The van der Waals surface area contributed by atoms with Gasteiger partial charge in [-0.2, -0.15) is 4.37 Å². The summed E-state index contributed by atoms with van der Waals surface area (Å²) in [6, 6.07) is 8.76. The Kier molecular flexibility index (Phi) is 7.43. The first-order chi connectivity index (χ1) is 13.6. The molecule has 1 amide bonds. The summed E-state index contributed by atoms with van der Waals surface area (Å²) >= 11 is 1.47. The lowest BCUT2D eigenvalue weighted by molar-refractivity contribution is -0.133. The first kappa shape index (κ1) is 20.8. The van der Waals surface area contributed by atoms with Gasteiger partial charge < -0.3 is 9.80 Å². The van der Waals surface area contributed by atoms with E-state index in [4.69, 9.17) is 4.98 Å². The minimum Gasteiger partial charge on any atom is -0.343 e. The van der Waals surface area contributed by atoms with Crippen LogP contribution < -0.4 is 4.90 Å². The molecule has 0 saturated carbocycles. The van der Waals surface area contributed by atoms with Crippen molar-refractivity contribution in [1.29, 1.82) is 0 Å². The van der Waals surface area contributed by atoms with Crippen LogP contribution in [-0.2, 0) is 11.2 Å². The minimum absolute atomic E-state index is 0.219. The van der Waals surface area contributed by atoms with Crippen LogP contribution in [0.25, 0.3) is 0 Å². The molecule has 0 bridgehead atoms. The first-order valence-corrected chi connectivity index (χ1v) is 11.3. The summed E-state index contributed by atoms with van der Waals surface area (Å²) in [7, 11) is 0. The quantitative estimate of drug-likeness (QED) is 0.615. The topological polar surface area (TPSA) is 49.3 Å². The van der Waals surface area contributed by atoms with Crippen LogP contribution in [0.5, 0.6) is 0 Å². The number of nitrogens with zero attached hydrogens (tertiary/aromatic N) is 4. The van der Waals surface area contributed by atoms with Crippen molar-refractivity contribution in [1.82, 2.24) is 14.3 Å². The van der Waals surface area contributed by atoms with Gasteiger partial charge >= 0.3 is 0 Å². The molecule has 2 heterocycles. The van der Waals surface area contributed by atoms with E-state index in [-0.39, 0.29) is 6.04 Å². The Balaban J connectivity index is 1.52. The number of unbranched alkanes of at least 4 members (excludes halogenated alkanes) is 3. The largest absolute Gasteiger partial charge is 0.343 e. The van der Waals surface area contributed by atoms with E-state index in [9.17, 15) is 4.79 Å². The third-order valence-corrected chi connectivity index (χ3v) is 6.22. The minimum atomic E-state index is 0.219. The molecular weight excluding hydrogens is 368 g/mol. The highest BCUT2D eigenvalue weighted by Crippen LogP contribution is 2.23. The van der Waals surface area contributed by atoms with Crippen LogP contribution >= 0.6 is 11.5 Å². The van der Waals surface area contributed by atoms with Gasteiger partial charge in [-0.25, -0.2) is 4.98 Å². The van der Waals surface area contributed by atoms with E-state index in [1.165, 1.54) is 35.5 Å². The van der Waals surface area contributed by atoms with Crippen molar-refractivity contribution in [2.75, 3.05) is 24.5 Å². The highest BCUT2D eigenvalue weighted by molar-refractivity contribution is 7.09. The number of hydrogen-bond acceptors (Lipinski definition) is 5. The van der Waals surface area contributed by atoms with Crippen LogP contribution in [0.2, 0.25) is 0 Å². The van der Waals surface area contributed by atoms with Crippen molar-refractivity contribution in [2.24, 2.45) is 0 Å². The van der Waals surface area contributed by atoms with Crippen molar-refractivity contribution in [3.63, 3.8) is 0 Å². The van der Waals surface area contributed by atoms with Crippen molar-refractivity contribution in [3.8, 4) is 0 Å². The molecule has 1 fully saturated rings. The highest BCUT2D eigenvalue weighted by Gasteiger charge is 2.28. The smallest absolute Gasteiger partial charge is 0.222 e. The van der Waals surface area contributed by atoms with Gasteiger partial charge in [-0.3, -0.25) is 4.79 Å². The van der Waals surface area contributed by atoms with Crippen molar-refractivity contribution >= 4 is 22.6 Å². The summed E-state index contributed by atoms with van der Waals surface area (Å²) in [5.74, 6) is 1.19. The maximum atomic E-state index is 12.5. The number of carbonyl (C=O) groups excluding carboxylic acids is 1. The zero-order chi connectivity index (χ0) is 19.9. The number of rotatable bonds is 8. The second kappa shape index (κ2) is 10.0. The van der Waals surface area contributed by atoms with Gasteiger partial charge in [0.1, 0.15) is 5.82 Å². The monoisotopic (exact) mass is 400 g/mol. The first-order valence-electron chi connectivity index (χ1n) is 10.5. The summed E-state index contributed by atoms with van der Waals surface area (Å²) in [5, 5.41) is 0.976. The van der Waals surface area contributed by atoms with Crippen molar-refractivity contribution in [2.45, 2.75) is 65.3 Å². The van der Waals surface area contributed by atoms with Gasteiger partial charge in [-0.1, -0.05) is 56.0 Å². The number of aromatic nitrogens is 2.